The van der Waals surface area contributed by atoms with Gasteiger partial charge in [0.1, 0.15) is 0 Å². The Bertz CT molecular complexity index is 368. The SMILES string of the molecule is NCCC(C(=O)O)c1ccc(F)c(F)c1. The van der Waals surface area contributed by atoms with Crippen LogP contribution in [0.4, 0.5) is 8.78 Å². The number of nitrogens with two attached hydrogens (primary N) is 1. The summed E-state index contributed by atoms with van der Waals surface area (Å²) in [7, 11) is 0. The molecule has 15 heavy (non-hydrogen) atoms. The van der Waals surface area contributed by atoms with Crippen LogP contribution in [-0.4, -0.2) is 17.6 Å². The molecular formula is C10H11F2NO2. The first-order chi connectivity index (χ1) is 7.06. The Hall–Kier alpha value is -1.49. The summed E-state index contributed by atoms with van der Waals surface area (Å²) in [5.74, 6) is -4.01. The molecule has 0 aliphatic carbocycles. The molecule has 1 aromatic rings. The normalized spacial score (nSPS) is 12.5. The summed E-state index contributed by atoms with van der Waals surface area (Å²) in [5.41, 5.74) is 5.47. The Kier molecular flexibility index (Phi) is 3.74. The van der Waals surface area contributed by atoms with E-state index >= 15 is 0 Å². The fourth-order valence-corrected chi connectivity index (χ4v) is 1.33. The highest BCUT2D eigenvalue weighted by Crippen LogP contribution is 2.21. The maximum atomic E-state index is 12.8. The van der Waals surface area contributed by atoms with Gasteiger partial charge in [-0.25, -0.2) is 8.78 Å². The van der Waals surface area contributed by atoms with E-state index in [1.165, 1.54) is 6.07 Å². The van der Waals surface area contributed by atoms with Gasteiger partial charge in [-0.05, 0) is 30.7 Å². The molecule has 0 spiro atoms. The molecule has 3 N–H and O–H groups in total. The highest BCUT2D eigenvalue weighted by atomic mass is 19.2. The van der Waals surface area contributed by atoms with Crippen molar-refractivity contribution in [2.75, 3.05) is 6.54 Å². The molecule has 3 nitrogen and oxygen atoms in total. The van der Waals surface area contributed by atoms with E-state index < -0.39 is 23.5 Å². The molecule has 1 aromatic carbocycles. The van der Waals surface area contributed by atoms with Crippen molar-refractivity contribution in [3.8, 4) is 0 Å². The number of carbonyl (C=O) groups is 1. The summed E-state index contributed by atoms with van der Waals surface area (Å²) in [6.07, 6.45) is 0.195. The molecule has 0 aliphatic heterocycles. The molecular weight excluding hydrogens is 204 g/mol. The number of hydrogen-bond donors (Lipinski definition) is 2. The van der Waals surface area contributed by atoms with Gasteiger partial charge in [-0.3, -0.25) is 4.79 Å². The van der Waals surface area contributed by atoms with Crippen molar-refractivity contribution in [2.24, 2.45) is 5.73 Å². The zero-order chi connectivity index (χ0) is 11.4. The fourth-order valence-electron chi connectivity index (χ4n) is 1.33. The van der Waals surface area contributed by atoms with Crippen molar-refractivity contribution < 1.29 is 18.7 Å². The van der Waals surface area contributed by atoms with Crippen molar-refractivity contribution in [1.82, 2.24) is 0 Å². The van der Waals surface area contributed by atoms with Crippen LogP contribution in [0, 0.1) is 11.6 Å². The van der Waals surface area contributed by atoms with Crippen LogP contribution >= 0.6 is 0 Å². The Morgan fingerprint density at radius 2 is 2.07 bits per heavy atom. The maximum absolute atomic E-state index is 12.8. The first-order valence-electron chi connectivity index (χ1n) is 4.44. The van der Waals surface area contributed by atoms with Gasteiger partial charge in [0.05, 0.1) is 5.92 Å². The molecule has 0 radical (unpaired) electrons. The monoisotopic (exact) mass is 215 g/mol. The number of halogens is 2. The molecule has 0 amide bonds. The fraction of sp³-hybridized carbons (Fsp3) is 0.300. The van der Waals surface area contributed by atoms with Crippen molar-refractivity contribution in [3.63, 3.8) is 0 Å². The number of benzene rings is 1. The second kappa shape index (κ2) is 4.84. The minimum atomic E-state index is -1.09. The molecule has 1 atom stereocenters. The van der Waals surface area contributed by atoms with Gasteiger partial charge < -0.3 is 10.8 Å². The predicted molar refractivity (Wildman–Crippen MR) is 50.4 cm³/mol. The Labute approximate surface area is 85.5 Å². The first kappa shape index (κ1) is 11.6. The number of carboxylic acid groups (broad SMARTS) is 1. The molecule has 0 fully saturated rings. The van der Waals surface area contributed by atoms with Gasteiger partial charge in [0.25, 0.3) is 0 Å². The van der Waals surface area contributed by atoms with Crippen LogP contribution in [0.3, 0.4) is 0 Å². The van der Waals surface area contributed by atoms with Gasteiger partial charge in [-0.15, -0.1) is 0 Å². The van der Waals surface area contributed by atoms with Gasteiger partial charge in [-0.1, -0.05) is 6.07 Å². The van der Waals surface area contributed by atoms with E-state index in [1.807, 2.05) is 0 Å². The number of rotatable bonds is 4. The minimum Gasteiger partial charge on any atom is -0.481 e. The van der Waals surface area contributed by atoms with E-state index in [2.05, 4.69) is 0 Å². The largest absolute Gasteiger partial charge is 0.481 e. The van der Waals surface area contributed by atoms with Crippen LogP contribution in [0.2, 0.25) is 0 Å². The van der Waals surface area contributed by atoms with Gasteiger partial charge in [0, 0.05) is 0 Å². The van der Waals surface area contributed by atoms with Crippen LogP contribution in [0.25, 0.3) is 0 Å². The molecule has 1 rings (SSSR count). The average molecular weight is 215 g/mol. The smallest absolute Gasteiger partial charge is 0.311 e. The minimum absolute atomic E-state index is 0.177. The molecule has 0 saturated heterocycles. The van der Waals surface area contributed by atoms with E-state index in [0.717, 1.165) is 12.1 Å². The predicted octanol–water partition coefficient (Wildman–Crippen LogP) is 1.48. The van der Waals surface area contributed by atoms with Crippen molar-refractivity contribution in [1.29, 1.82) is 0 Å². The molecule has 0 heterocycles. The van der Waals surface area contributed by atoms with E-state index in [-0.39, 0.29) is 18.5 Å². The number of aliphatic carboxylic acids is 1. The third kappa shape index (κ3) is 2.73. The van der Waals surface area contributed by atoms with Crippen LogP contribution in [0.5, 0.6) is 0 Å². The zero-order valence-corrected chi connectivity index (χ0v) is 7.91. The van der Waals surface area contributed by atoms with Gasteiger partial charge >= 0.3 is 5.97 Å². The molecule has 5 heteroatoms. The molecule has 1 unspecified atom stereocenters. The van der Waals surface area contributed by atoms with Crippen molar-refractivity contribution in [3.05, 3.63) is 35.4 Å². The molecule has 0 bridgehead atoms. The summed E-state index contributed by atoms with van der Waals surface area (Å²) in [5, 5.41) is 8.85. The van der Waals surface area contributed by atoms with Gasteiger partial charge in [0.2, 0.25) is 0 Å². The standard InChI is InChI=1S/C10H11F2NO2/c11-8-2-1-6(5-9(8)12)7(3-4-13)10(14)15/h1-2,5,7H,3-4,13H2,(H,14,15). The lowest BCUT2D eigenvalue weighted by atomic mass is 9.96. The van der Waals surface area contributed by atoms with Crippen LogP contribution in [0.15, 0.2) is 18.2 Å². The molecule has 0 aromatic heterocycles. The Morgan fingerprint density at radius 3 is 2.53 bits per heavy atom. The highest BCUT2D eigenvalue weighted by Gasteiger charge is 2.20. The Morgan fingerprint density at radius 1 is 1.40 bits per heavy atom. The van der Waals surface area contributed by atoms with E-state index in [0.29, 0.717) is 0 Å². The van der Waals surface area contributed by atoms with E-state index in [4.69, 9.17) is 10.8 Å². The van der Waals surface area contributed by atoms with E-state index in [1.54, 1.807) is 0 Å². The highest BCUT2D eigenvalue weighted by molar-refractivity contribution is 5.76. The number of hydrogen-bond acceptors (Lipinski definition) is 2. The summed E-state index contributed by atoms with van der Waals surface area (Å²) in [4.78, 5) is 10.8. The lowest BCUT2D eigenvalue weighted by Gasteiger charge is -2.11. The van der Waals surface area contributed by atoms with E-state index in [9.17, 15) is 13.6 Å². The van der Waals surface area contributed by atoms with Crippen LogP contribution in [0.1, 0.15) is 17.9 Å². The Balaban J connectivity index is 3.01. The van der Waals surface area contributed by atoms with Gasteiger partial charge in [0.15, 0.2) is 11.6 Å². The quantitative estimate of drug-likeness (QED) is 0.799. The third-order valence-corrected chi connectivity index (χ3v) is 2.10. The maximum Gasteiger partial charge on any atom is 0.311 e. The topological polar surface area (TPSA) is 63.3 Å². The van der Waals surface area contributed by atoms with Crippen LogP contribution in [-0.2, 0) is 4.79 Å². The molecule has 82 valence electrons. The number of carboxylic acids is 1. The third-order valence-electron chi connectivity index (χ3n) is 2.10. The van der Waals surface area contributed by atoms with Crippen molar-refractivity contribution >= 4 is 5.97 Å². The molecule has 0 saturated carbocycles. The summed E-state index contributed by atoms with van der Waals surface area (Å²) in [6, 6.07) is 3.06. The lowest BCUT2D eigenvalue weighted by Crippen LogP contribution is -2.16. The second-order valence-electron chi connectivity index (χ2n) is 3.14. The summed E-state index contributed by atoms with van der Waals surface area (Å²) < 4.78 is 25.4. The average Bonchev–Trinajstić information content (AvgIpc) is 2.18. The summed E-state index contributed by atoms with van der Waals surface area (Å²) in [6.45, 7) is 0.177. The van der Waals surface area contributed by atoms with Gasteiger partial charge in [-0.2, -0.15) is 0 Å². The lowest BCUT2D eigenvalue weighted by molar-refractivity contribution is -0.138. The zero-order valence-electron chi connectivity index (χ0n) is 7.91. The molecule has 0 aliphatic rings. The van der Waals surface area contributed by atoms with Crippen molar-refractivity contribution in [2.45, 2.75) is 12.3 Å². The first-order valence-corrected chi connectivity index (χ1v) is 4.44. The summed E-state index contributed by atoms with van der Waals surface area (Å²) >= 11 is 0. The van der Waals surface area contributed by atoms with Crippen LogP contribution < -0.4 is 5.73 Å². The second-order valence-corrected chi connectivity index (χ2v) is 3.14.